The number of carbonyl (C=O) groups excluding carboxylic acids is 1. The minimum atomic E-state index is -0.658. The van der Waals surface area contributed by atoms with Crippen molar-refractivity contribution in [2.75, 3.05) is 32.2 Å². The van der Waals surface area contributed by atoms with Crippen molar-refractivity contribution in [1.82, 2.24) is 4.90 Å². The van der Waals surface area contributed by atoms with Gasteiger partial charge in [0.15, 0.2) is 0 Å². The van der Waals surface area contributed by atoms with Gasteiger partial charge in [0.2, 0.25) is 0 Å². The standard InChI is InChI=1S/C20H24N2O5/c1-3-22(18-12-26-13-19(18)23)20(24)21-14-7-9-15(10-8-14)27-17-6-4-5-16(11-17)25-2/h4-11,18-19,23H,3,12-13H2,1-2H3,(H,21,24)/t18-,19-/m0/s1. The molecule has 1 fully saturated rings. The van der Waals surface area contributed by atoms with E-state index in [0.717, 1.165) is 0 Å². The fourth-order valence-corrected chi connectivity index (χ4v) is 2.96. The number of benzene rings is 2. The van der Waals surface area contributed by atoms with Crippen molar-refractivity contribution >= 4 is 11.7 Å². The molecule has 144 valence electrons. The molecule has 2 aromatic rings. The van der Waals surface area contributed by atoms with Crippen LogP contribution in [0.25, 0.3) is 0 Å². The van der Waals surface area contributed by atoms with Gasteiger partial charge in [-0.2, -0.15) is 0 Å². The molecule has 1 aliphatic heterocycles. The third-order valence-corrected chi connectivity index (χ3v) is 4.41. The van der Waals surface area contributed by atoms with Gasteiger partial charge in [0.25, 0.3) is 0 Å². The number of nitrogens with one attached hydrogen (secondary N) is 1. The first kappa shape index (κ1) is 19.0. The summed E-state index contributed by atoms with van der Waals surface area (Å²) in [4.78, 5) is 14.1. The van der Waals surface area contributed by atoms with E-state index in [-0.39, 0.29) is 18.7 Å². The minimum Gasteiger partial charge on any atom is -0.497 e. The topological polar surface area (TPSA) is 80.3 Å². The second kappa shape index (κ2) is 8.75. The van der Waals surface area contributed by atoms with Gasteiger partial charge >= 0.3 is 6.03 Å². The van der Waals surface area contributed by atoms with Crippen LogP contribution in [0.2, 0.25) is 0 Å². The molecule has 2 aromatic carbocycles. The van der Waals surface area contributed by atoms with Crippen LogP contribution < -0.4 is 14.8 Å². The molecule has 0 aliphatic carbocycles. The number of anilines is 1. The monoisotopic (exact) mass is 372 g/mol. The van der Waals surface area contributed by atoms with E-state index in [9.17, 15) is 9.90 Å². The third kappa shape index (κ3) is 4.69. The summed E-state index contributed by atoms with van der Waals surface area (Å²) in [6, 6.07) is 13.8. The first-order valence-electron chi connectivity index (χ1n) is 8.86. The zero-order valence-corrected chi connectivity index (χ0v) is 15.4. The lowest BCUT2D eigenvalue weighted by atomic mass is 10.2. The van der Waals surface area contributed by atoms with Crippen molar-refractivity contribution in [3.8, 4) is 17.2 Å². The van der Waals surface area contributed by atoms with Crippen LogP contribution in [-0.2, 0) is 4.74 Å². The predicted molar refractivity (Wildman–Crippen MR) is 102 cm³/mol. The van der Waals surface area contributed by atoms with Gasteiger partial charge in [-0.25, -0.2) is 4.79 Å². The molecular weight excluding hydrogens is 348 g/mol. The zero-order valence-electron chi connectivity index (χ0n) is 15.4. The summed E-state index contributed by atoms with van der Waals surface area (Å²) in [5.74, 6) is 2.03. The molecule has 1 aliphatic rings. The molecule has 27 heavy (non-hydrogen) atoms. The number of ether oxygens (including phenoxy) is 3. The molecule has 3 rings (SSSR count). The Morgan fingerprint density at radius 3 is 2.56 bits per heavy atom. The number of aliphatic hydroxyl groups is 1. The summed E-state index contributed by atoms with van der Waals surface area (Å²) in [6.45, 7) is 2.95. The average Bonchev–Trinajstić information content (AvgIpc) is 3.10. The largest absolute Gasteiger partial charge is 0.497 e. The molecular formula is C20H24N2O5. The molecule has 7 nitrogen and oxygen atoms in total. The zero-order chi connectivity index (χ0) is 19.2. The third-order valence-electron chi connectivity index (χ3n) is 4.41. The predicted octanol–water partition coefficient (Wildman–Crippen LogP) is 3.10. The van der Waals surface area contributed by atoms with Crippen molar-refractivity contribution in [1.29, 1.82) is 0 Å². The summed E-state index contributed by atoms with van der Waals surface area (Å²) in [7, 11) is 1.60. The van der Waals surface area contributed by atoms with Crippen molar-refractivity contribution in [2.24, 2.45) is 0 Å². The van der Waals surface area contributed by atoms with Gasteiger partial charge in [-0.15, -0.1) is 0 Å². The summed E-state index contributed by atoms with van der Waals surface area (Å²) in [5.41, 5.74) is 0.643. The number of hydrogen-bond acceptors (Lipinski definition) is 5. The quantitative estimate of drug-likeness (QED) is 0.814. The first-order valence-corrected chi connectivity index (χ1v) is 8.86. The van der Waals surface area contributed by atoms with Crippen molar-refractivity contribution < 1.29 is 24.1 Å². The molecule has 0 saturated carbocycles. The maximum atomic E-state index is 12.5. The van der Waals surface area contributed by atoms with E-state index in [1.54, 1.807) is 42.3 Å². The maximum Gasteiger partial charge on any atom is 0.322 e. The number of hydrogen-bond donors (Lipinski definition) is 2. The Balaban J connectivity index is 1.62. The van der Waals surface area contributed by atoms with Gasteiger partial charge in [0.05, 0.1) is 32.5 Å². The first-order chi connectivity index (χ1) is 13.1. The summed E-state index contributed by atoms with van der Waals surface area (Å²) >= 11 is 0. The molecule has 2 N–H and O–H groups in total. The van der Waals surface area contributed by atoms with Crippen LogP contribution in [0.4, 0.5) is 10.5 Å². The average molecular weight is 372 g/mol. The van der Waals surface area contributed by atoms with Crippen LogP contribution in [-0.4, -0.2) is 55.1 Å². The Hall–Kier alpha value is -2.77. The Bertz CT molecular complexity index is 765. The molecule has 7 heteroatoms. The van der Waals surface area contributed by atoms with Gasteiger partial charge in [0, 0.05) is 18.3 Å². The maximum absolute atomic E-state index is 12.5. The Labute approximate surface area is 158 Å². The van der Waals surface area contributed by atoms with Crippen molar-refractivity contribution in [3.05, 3.63) is 48.5 Å². The van der Waals surface area contributed by atoms with Crippen molar-refractivity contribution in [3.63, 3.8) is 0 Å². The lowest BCUT2D eigenvalue weighted by Gasteiger charge is -2.28. The highest BCUT2D eigenvalue weighted by atomic mass is 16.5. The van der Waals surface area contributed by atoms with Crippen molar-refractivity contribution in [2.45, 2.75) is 19.1 Å². The molecule has 0 bridgehead atoms. The molecule has 0 aromatic heterocycles. The summed E-state index contributed by atoms with van der Waals surface area (Å²) in [5, 5.41) is 12.8. The van der Waals surface area contributed by atoms with Crippen LogP contribution in [0.5, 0.6) is 17.2 Å². The Morgan fingerprint density at radius 2 is 1.93 bits per heavy atom. The van der Waals surface area contributed by atoms with Gasteiger partial charge in [-0.1, -0.05) is 6.07 Å². The fraction of sp³-hybridized carbons (Fsp3) is 0.350. The van der Waals surface area contributed by atoms with Crippen LogP contribution in [0.1, 0.15) is 6.92 Å². The van der Waals surface area contributed by atoms with E-state index < -0.39 is 6.10 Å². The highest BCUT2D eigenvalue weighted by molar-refractivity contribution is 5.89. The fourth-order valence-electron chi connectivity index (χ4n) is 2.96. The summed E-state index contributed by atoms with van der Waals surface area (Å²) in [6.07, 6.45) is -0.658. The van der Waals surface area contributed by atoms with E-state index in [1.807, 2.05) is 25.1 Å². The number of likely N-dealkylation sites (N-methyl/N-ethyl adjacent to an activating group) is 1. The van der Waals surface area contributed by atoms with Gasteiger partial charge in [-0.3, -0.25) is 0 Å². The van der Waals surface area contributed by atoms with Crippen LogP contribution in [0, 0.1) is 0 Å². The van der Waals surface area contributed by atoms with E-state index >= 15 is 0 Å². The number of urea groups is 1. The van der Waals surface area contributed by atoms with E-state index in [0.29, 0.717) is 36.1 Å². The smallest absolute Gasteiger partial charge is 0.322 e. The molecule has 2 amide bonds. The van der Waals surface area contributed by atoms with Crippen LogP contribution in [0.3, 0.4) is 0 Å². The van der Waals surface area contributed by atoms with E-state index in [4.69, 9.17) is 14.2 Å². The number of aliphatic hydroxyl groups excluding tert-OH is 1. The molecule has 0 unspecified atom stereocenters. The minimum absolute atomic E-state index is 0.255. The van der Waals surface area contributed by atoms with Gasteiger partial charge in [-0.05, 0) is 43.3 Å². The normalized spacial score (nSPS) is 18.8. The van der Waals surface area contributed by atoms with Gasteiger partial charge < -0.3 is 29.5 Å². The van der Waals surface area contributed by atoms with Gasteiger partial charge in [0.1, 0.15) is 17.2 Å². The second-order valence-corrected chi connectivity index (χ2v) is 6.19. The number of amides is 2. The van der Waals surface area contributed by atoms with E-state index in [2.05, 4.69) is 5.32 Å². The number of nitrogens with zero attached hydrogens (tertiary/aromatic N) is 1. The SMILES string of the molecule is CCN(C(=O)Nc1ccc(Oc2cccc(OC)c2)cc1)[C@H]1COC[C@@H]1O. The van der Waals surface area contributed by atoms with E-state index in [1.165, 1.54) is 0 Å². The highest BCUT2D eigenvalue weighted by Crippen LogP contribution is 2.26. The molecule has 2 atom stereocenters. The number of methoxy groups -OCH3 is 1. The second-order valence-electron chi connectivity index (χ2n) is 6.19. The molecule has 1 saturated heterocycles. The Morgan fingerprint density at radius 1 is 1.19 bits per heavy atom. The number of rotatable bonds is 6. The lowest BCUT2D eigenvalue weighted by Crippen LogP contribution is -2.48. The Kier molecular flexibility index (Phi) is 6.16. The van der Waals surface area contributed by atoms with Crippen LogP contribution >= 0.6 is 0 Å². The van der Waals surface area contributed by atoms with Crippen LogP contribution in [0.15, 0.2) is 48.5 Å². The number of carbonyl (C=O) groups is 1. The molecule has 0 radical (unpaired) electrons. The summed E-state index contributed by atoms with van der Waals surface area (Å²) < 4.78 is 16.2. The molecule has 0 spiro atoms. The lowest BCUT2D eigenvalue weighted by molar-refractivity contribution is 0.1000. The molecule has 1 heterocycles. The highest BCUT2D eigenvalue weighted by Gasteiger charge is 2.33.